The van der Waals surface area contributed by atoms with Crippen LogP contribution in [0.3, 0.4) is 0 Å². The zero-order valence-electron chi connectivity index (χ0n) is 28.9. The van der Waals surface area contributed by atoms with Crippen molar-refractivity contribution in [1.29, 1.82) is 0 Å². The maximum absolute atomic E-state index is 7.16. The minimum atomic E-state index is -2.34. The van der Waals surface area contributed by atoms with Crippen molar-refractivity contribution in [2.45, 2.75) is 181 Å². The summed E-state index contributed by atoms with van der Waals surface area (Å²) in [5.41, 5.74) is 5.65. The molecule has 0 aliphatic heterocycles. The number of unbranched alkanes of at least 4 members (excludes halogenated alkanes) is 15. The van der Waals surface area contributed by atoms with Gasteiger partial charge in [0.2, 0.25) is 0 Å². The molecule has 5 nitrogen and oxygen atoms in total. The molecule has 0 rings (SSSR count). The molecular formula is C31H74N2O3Si4. The Bertz CT molecular complexity index is 590. The van der Waals surface area contributed by atoms with Crippen LogP contribution in [-0.4, -0.2) is 53.4 Å². The second-order valence-corrected chi connectivity index (χ2v) is 30.9. The van der Waals surface area contributed by atoms with Gasteiger partial charge in [0.1, 0.15) is 0 Å². The van der Waals surface area contributed by atoms with Gasteiger partial charge in [0.05, 0.1) is 0 Å². The highest BCUT2D eigenvalue weighted by molar-refractivity contribution is 6.89. The topological polar surface area (TPSA) is 65.7 Å². The minimum Gasteiger partial charge on any atom is -0.437 e. The van der Waals surface area contributed by atoms with E-state index in [1.807, 2.05) is 0 Å². The van der Waals surface area contributed by atoms with Gasteiger partial charge in [-0.05, 0) is 77.4 Å². The van der Waals surface area contributed by atoms with Crippen LogP contribution in [0.2, 0.25) is 64.5 Å². The molecule has 0 saturated heterocycles. The predicted octanol–water partition coefficient (Wildman–Crippen LogP) is 10.0. The first-order valence-corrected chi connectivity index (χ1v) is 29.1. The summed E-state index contributed by atoms with van der Waals surface area (Å²) in [5, 5.41) is 3.44. The first-order chi connectivity index (χ1) is 18.7. The van der Waals surface area contributed by atoms with Gasteiger partial charge in [-0.2, -0.15) is 0 Å². The number of nitrogens with two attached hydrogens (primary N) is 1. The summed E-state index contributed by atoms with van der Waals surface area (Å²) in [5.74, 6) is 0. The normalized spacial score (nSPS) is 15.8. The highest BCUT2D eigenvalue weighted by Crippen LogP contribution is 2.31. The zero-order valence-corrected chi connectivity index (χ0v) is 32.9. The molecular weight excluding hydrogens is 561 g/mol. The summed E-state index contributed by atoms with van der Waals surface area (Å²) >= 11 is 0. The molecule has 9 heteroatoms. The predicted molar refractivity (Wildman–Crippen MR) is 189 cm³/mol. The lowest BCUT2D eigenvalue weighted by Crippen LogP contribution is -2.58. The van der Waals surface area contributed by atoms with E-state index in [0.29, 0.717) is 6.54 Å². The Kier molecular flexibility index (Phi) is 23.5. The number of hydrogen-bond donors (Lipinski definition) is 2. The van der Waals surface area contributed by atoms with Crippen LogP contribution in [-0.2, 0) is 12.3 Å². The van der Waals surface area contributed by atoms with Gasteiger partial charge in [-0.1, -0.05) is 110 Å². The molecule has 242 valence electrons. The Hall–Kier alpha value is 0.668. The molecule has 0 spiro atoms. The van der Waals surface area contributed by atoms with Crippen molar-refractivity contribution in [1.82, 2.24) is 5.32 Å². The van der Waals surface area contributed by atoms with Crippen molar-refractivity contribution >= 4 is 33.8 Å². The van der Waals surface area contributed by atoms with E-state index in [1.54, 1.807) is 0 Å². The monoisotopic (exact) mass is 634 g/mol. The third-order valence-electron chi connectivity index (χ3n) is 7.27. The van der Waals surface area contributed by atoms with E-state index in [2.05, 4.69) is 64.6 Å². The van der Waals surface area contributed by atoms with E-state index in [1.165, 1.54) is 103 Å². The van der Waals surface area contributed by atoms with Crippen molar-refractivity contribution in [3.05, 3.63) is 0 Å². The van der Waals surface area contributed by atoms with Crippen molar-refractivity contribution in [3.8, 4) is 0 Å². The molecule has 0 aromatic carbocycles. The Balaban J connectivity index is 4.47. The summed E-state index contributed by atoms with van der Waals surface area (Å²) in [6.45, 7) is 23.3. The molecule has 0 heterocycles. The molecule has 2 unspecified atom stereocenters. The van der Waals surface area contributed by atoms with E-state index < -0.39 is 33.8 Å². The highest BCUT2D eigenvalue weighted by atomic mass is 28.5. The molecule has 40 heavy (non-hydrogen) atoms. The van der Waals surface area contributed by atoms with Gasteiger partial charge in [-0.15, -0.1) is 0 Å². The first-order valence-electron chi connectivity index (χ1n) is 17.3. The van der Waals surface area contributed by atoms with E-state index in [-0.39, 0.29) is 0 Å². The molecule has 0 saturated carbocycles. The van der Waals surface area contributed by atoms with Crippen molar-refractivity contribution in [3.63, 3.8) is 0 Å². The second-order valence-electron chi connectivity index (χ2n) is 14.5. The van der Waals surface area contributed by atoms with Gasteiger partial charge in [0.15, 0.2) is 16.6 Å². The lowest BCUT2D eigenvalue weighted by molar-refractivity contribution is 0.313. The fraction of sp³-hybridized carbons (Fsp3) is 1.00. The number of rotatable bonds is 29. The fourth-order valence-electron chi connectivity index (χ4n) is 5.75. The Labute approximate surface area is 256 Å². The lowest BCUT2D eigenvalue weighted by atomic mass is 10.0. The van der Waals surface area contributed by atoms with Crippen LogP contribution in [0.4, 0.5) is 0 Å². The van der Waals surface area contributed by atoms with Crippen LogP contribution < -0.4 is 11.1 Å². The van der Waals surface area contributed by atoms with Gasteiger partial charge in [-0.25, -0.2) is 0 Å². The van der Waals surface area contributed by atoms with Crippen LogP contribution in [0.1, 0.15) is 116 Å². The summed E-state index contributed by atoms with van der Waals surface area (Å²) in [7, 11) is -8.11. The molecule has 0 fully saturated rings. The number of hydrogen-bond acceptors (Lipinski definition) is 5. The van der Waals surface area contributed by atoms with Crippen molar-refractivity contribution in [2.24, 2.45) is 5.73 Å². The Morgan fingerprint density at radius 3 is 1.15 bits per heavy atom. The van der Waals surface area contributed by atoms with Crippen LogP contribution in [0.15, 0.2) is 0 Å². The van der Waals surface area contributed by atoms with Crippen molar-refractivity contribution in [2.75, 3.05) is 19.6 Å². The maximum atomic E-state index is 7.16. The summed E-state index contributed by atoms with van der Waals surface area (Å²) in [4.78, 5) is 0. The van der Waals surface area contributed by atoms with Crippen LogP contribution in [0.25, 0.3) is 0 Å². The third kappa shape index (κ3) is 26.3. The highest BCUT2D eigenvalue weighted by Gasteiger charge is 2.46. The molecule has 0 aromatic rings. The minimum absolute atomic E-state index is 0.685. The van der Waals surface area contributed by atoms with E-state index >= 15 is 0 Å². The lowest BCUT2D eigenvalue weighted by Gasteiger charge is -2.43. The number of nitrogens with one attached hydrogen (secondary N) is 1. The molecule has 0 aliphatic rings. The van der Waals surface area contributed by atoms with Gasteiger partial charge in [0, 0.05) is 13.1 Å². The molecule has 3 N–H and O–H groups in total. The Morgan fingerprint density at radius 1 is 0.450 bits per heavy atom. The molecule has 0 radical (unpaired) electrons. The molecule has 0 amide bonds. The van der Waals surface area contributed by atoms with Gasteiger partial charge in [-0.3, -0.25) is 0 Å². The molecule has 2 atom stereocenters. The van der Waals surface area contributed by atoms with Gasteiger partial charge < -0.3 is 23.4 Å². The first kappa shape index (κ1) is 40.7. The van der Waals surface area contributed by atoms with Gasteiger partial charge in [0.25, 0.3) is 0 Å². The van der Waals surface area contributed by atoms with E-state index in [0.717, 1.165) is 31.6 Å². The molecule has 0 aliphatic carbocycles. The van der Waals surface area contributed by atoms with Crippen LogP contribution in [0.5, 0.6) is 0 Å². The second kappa shape index (κ2) is 23.1. The largest absolute Gasteiger partial charge is 0.437 e. The smallest absolute Gasteiger partial charge is 0.315 e. The van der Waals surface area contributed by atoms with Crippen LogP contribution in [0, 0.1) is 0 Å². The Morgan fingerprint density at radius 2 is 0.800 bits per heavy atom. The maximum Gasteiger partial charge on any atom is 0.315 e. The fourth-order valence-corrected chi connectivity index (χ4v) is 24.2. The summed E-state index contributed by atoms with van der Waals surface area (Å²) < 4.78 is 20.9. The zero-order chi connectivity index (χ0) is 30.4. The van der Waals surface area contributed by atoms with E-state index in [9.17, 15) is 0 Å². The molecule has 0 aromatic heterocycles. The van der Waals surface area contributed by atoms with E-state index in [4.69, 9.17) is 18.1 Å². The summed E-state index contributed by atoms with van der Waals surface area (Å²) in [6.07, 6.45) is 23.5. The standard InChI is InChI=1S/C31H74N2O3Si4/c1-10-11-12-13-14-15-16-17-18-19-20-21-22-23-24-25-30-39(8,34-37(2,3)4)36-40(9,35-38(5,6)7)31-26-28-33-29-27-32/h33H,10-32H2,1-9H3. The molecule has 0 bridgehead atoms. The van der Waals surface area contributed by atoms with Crippen molar-refractivity contribution < 1.29 is 12.3 Å². The summed E-state index contributed by atoms with van der Waals surface area (Å²) in [6, 6.07) is 2.12. The van der Waals surface area contributed by atoms with Crippen LogP contribution >= 0.6 is 0 Å². The average Bonchev–Trinajstić information content (AvgIpc) is 2.81. The third-order valence-corrected chi connectivity index (χ3v) is 21.6. The van der Waals surface area contributed by atoms with Gasteiger partial charge >= 0.3 is 17.1 Å². The average molecular weight is 635 g/mol. The quantitative estimate of drug-likeness (QED) is 0.0633. The SMILES string of the molecule is CCCCCCCCCCCCCCCCCC[Si](C)(O[Si](C)(C)C)O[Si](C)(CCCNCCN)O[Si](C)(C)C.